The minimum atomic E-state index is -3.33. The van der Waals surface area contributed by atoms with Crippen molar-refractivity contribution < 1.29 is 17.6 Å². The second-order valence-corrected chi connectivity index (χ2v) is 11.4. The van der Waals surface area contributed by atoms with Gasteiger partial charge in [-0.25, -0.2) is 13.1 Å². The fourth-order valence-corrected chi connectivity index (χ4v) is 6.23. The number of nitrogens with one attached hydrogen (secondary N) is 1. The highest BCUT2D eigenvalue weighted by Gasteiger charge is 2.30. The predicted octanol–water partition coefficient (Wildman–Crippen LogP) is 3.04. The first-order valence-corrected chi connectivity index (χ1v) is 13.2. The molecule has 0 bridgehead atoms. The van der Waals surface area contributed by atoms with Crippen LogP contribution in [0.1, 0.15) is 34.0 Å². The molecule has 1 unspecified atom stereocenters. The Balaban J connectivity index is 1.60. The van der Waals surface area contributed by atoms with Crippen molar-refractivity contribution in [1.82, 2.24) is 19.8 Å². The Labute approximate surface area is 183 Å². The van der Waals surface area contributed by atoms with Crippen molar-refractivity contribution in [3.8, 4) is 0 Å². The van der Waals surface area contributed by atoms with Crippen molar-refractivity contribution in [3.63, 3.8) is 0 Å². The summed E-state index contributed by atoms with van der Waals surface area (Å²) in [4.78, 5) is 15.0. The van der Waals surface area contributed by atoms with Gasteiger partial charge in [-0.2, -0.15) is 0 Å². The van der Waals surface area contributed by atoms with Gasteiger partial charge < -0.3 is 9.32 Å². The summed E-state index contributed by atoms with van der Waals surface area (Å²) in [6.45, 7) is 2.80. The van der Waals surface area contributed by atoms with Crippen LogP contribution in [0.15, 0.2) is 33.0 Å². The van der Waals surface area contributed by atoms with E-state index in [1.165, 1.54) is 23.1 Å². The second-order valence-electron chi connectivity index (χ2n) is 7.26. The van der Waals surface area contributed by atoms with E-state index in [1.807, 2.05) is 31.2 Å². The normalized spacial score (nSPS) is 17.5. The van der Waals surface area contributed by atoms with Gasteiger partial charge in [-0.15, -0.1) is 10.2 Å². The molecule has 1 saturated heterocycles. The lowest BCUT2D eigenvalue weighted by Crippen LogP contribution is -2.49. The van der Waals surface area contributed by atoms with Crippen molar-refractivity contribution in [2.24, 2.45) is 0 Å². The number of para-hydroxylation sites is 1. The van der Waals surface area contributed by atoms with Crippen LogP contribution < -0.4 is 4.72 Å². The standard InChI is InChI=1S/C19H22N4O4S3/c1-12-20-21-19(29-12)28-11-15-14-7-3-4-8-16(14)27-17(15)18(24)23-9-5-6-13(10-23)22-30(2,25)26/h3-4,7-8,13,22H,5-6,9-11H2,1-2H3. The third-order valence-electron chi connectivity index (χ3n) is 4.83. The molecule has 8 nitrogen and oxygen atoms in total. The maximum absolute atomic E-state index is 13.3. The molecule has 1 aliphatic rings. The number of aryl methyl sites for hydroxylation is 1. The number of benzene rings is 1. The molecule has 1 N–H and O–H groups in total. The molecule has 1 atom stereocenters. The van der Waals surface area contributed by atoms with Gasteiger partial charge in [-0.3, -0.25) is 4.79 Å². The molecule has 0 radical (unpaired) electrons. The monoisotopic (exact) mass is 466 g/mol. The summed E-state index contributed by atoms with van der Waals surface area (Å²) in [6.07, 6.45) is 2.57. The van der Waals surface area contributed by atoms with E-state index in [0.29, 0.717) is 36.6 Å². The summed E-state index contributed by atoms with van der Waals surface area (Å²) < 4.78 is 32.6. The minimum absolute atomic E-state index is 0.213. The van der Waals surface area contributed by atoms with E-state index >= 15 is 0 Å². The van der Waals surface area contributed by atoms with Crippen LogP contribution in [0.3, 0.4) is 0 Å². The van der Waals surface area contributed by atoms with E-state index in [2.05, 4.69) is 14.9 Å². The van der Waals surface area contributed by atoms with E-state index in [1.54, 1.807) is 4.90 Å². The number of piperidine rings is 1. The zero-order valence-electron chi connectivity index (χ0n) is 16.6. The smallest absolute Gasteiger partial charge is 0.289 e. The molecule has 1 aliphatic heterocycles. The number of carbonyl (C=O) groups is 1. The predicted molar refractivity (Wildman–Crippen MR) is 117 cm³/mol. The molecule has 0 saturated carbocycles. The second kappa shape index (κ2) is 8.66. The van der Waals surface area contributed by atoms with Crippen LogP contribution in [0.4, 0.5) is 0 Å². The van der Waals surface area contributed by atoms with E-state index in [4.69, 9.17) is 4.42 Å². The maximum Gasteiger partial charge on any atom is 0.289 e. The fraction of sp³-hybridized carbons (Fsp3) is 0.421. The van der Waals surface area contributed by atoms with Crippen molar-refractivity contribution in [1.29, 1.82) is 0 Å². The lowest BCUT2D eigenvalue weighted by molar-refractivity contribution is 0.0672. The maximum atomic E-state index is 13.3. The highest BCUT2D eigenvalue weighted by molar-refractivity contribution is 8.00. The third-order valence-corrected chi connectivity index (χ3v) is 7.59. The van der Waals surface area contributed by atoms with Crippen LogP contribution in [0.2, 0.25) is 0 Å². The van der Waals surface area contributed by atoms with Crippen LogP contribution in [0.5, 0.6) is 0 Å². The first-order valence-electron chi connectivity index (χ1n) is 9.50. The van der Waals surface area contributed by atoms with Gasteiger partial charge in [0, 0.05) is 35.8 Å². The summed E-state index contributed by atoms with van der Waals surface area (Å²) in [6, 6.07) is 7.30. The summed E-state index contributed by atoms with van der Waals surface area (Å²) in [7, 11) is -3.33. The van der Waals surface area contributed by atoms with Gasteiger partial charge in [0.05, 0.1) is 6.26 Å². The number of rotatable bonds is 6. The summed E-state index contributed by atoms with van der Waals surface area (Å²) in [5.41, 5.74) is 1.49. The highest BCUT2D eigenvalue weighted by atomic mass is 32.2. The largest absolute Gasteiger partial charge is 0.451 e. The molecule has 3 aromatic rings. The number of nitrogens with zero attached hydrogens (tertiary/aromatic N) is 3. The zero-order valence-corrected chi connectivity index (χ0v) is 19.1. The molecule has 2 aromatic heterocycles. The number of aromatic nitrogens is 2. The topological polar surface area (TPSA) is 105 Å². The average Bonchev–Trinajstić information content (AvgIpc) is 3.28. The molecule has 0 spiro atoms. The molecule has 0 aliphatic carbocycles. The van der Waals surface area contributed by atoms with Crippen molar-refractivity contribution in [2.75, 3.05) is 19.3 Å². The molecule has 1 aromatic carbocycles. The Hall–Kier alpha value is -1.95. The van der Waals surface area contributed by atoms with Crippen molar-refractivity contribution >= 4 is 50.0 Å². The molecular formula is C19H22N4O4S3. The zero-order chi connectivity index (χ0) is 21.3. The first-order chi connectivity index (χ1) is 14.3. The van der Waals surface area contributed by atoms with Crippen LogP contribution in [-0.2, 0) is 15.8 Å². The Kier molecular flexibility index (Phi) is 6.14. The molecule has 160 valence electrons. The molecule has 30 heavy (non-hydrogen) atoms. The summed E-state index contributed by atoms with van der Waals surface area (Å²) in [5, 5.41) is 9.98. The van der Waals surface area contributed by atoms with Gasteiger partial charge in [0.15, 0.2) is 10.1 Å². The van der Waals surface area contributed by atoms with Crippen molar-refractivity contribution in [2.45, 2.75) is 35.9 Å². The number of carbonyl (C=O) groups excluding carboxylic acids is 1. The van der Waals surface area contributed by atoms with Gasteiger partial charge in [-0.05, 0) is 25.8 Å². The van der Waals surface area contributed by atoms with Gasteiger partial charge in [0.25, 0.3) is 5.91 Å². The number of hydrogen-bond acceptors (Lipinski definition) is 8. The number of fused-ring (bicyclic) bond motifs is 1. The average molecular weight is 467 g/mol. The summed E-state index contributed by atoms with van der Waals surface area (Å²) >= 11 is 3.04. The minimum Gasteiger partial charge on any atom is -0.451 e. The lowest BCUT2D eigenvalue weighted by atomic mass is 10.1. The molecule has 11 heteroatoms. The lowest BCUT2D eigenvalue weighted by Gasteiger charge is -2.32. The highest BCUT2D eigenvalue weighted by Crippen LogP contribution is 2.34. The number of sulfonamides is 1. The number of likely N-dealkylation sites (tertiary alicyclic amines) is 1. The number of thioether (sulfide) groups is 1. The molecule has 3 heterocycles. The Morgan fingerprint density at radius 3 is 2.90 bits per heavy atom. The van der Waals surface area contributed by atoms with Crippen molar-refractivity contribution in [3.05, 3.63) is 40.6 Å². The number of hydrogen-bond donors (Lipinski definition) is 1. The van der Waals surface area contributed by atoms with Crippen LogP contribution in [0, 0.1) is 6.92 Å². The van der Waals surface area contributed by atoms with Crippen LogP contribution in [0.25, 0.3) is 11.0 Å². The number of furan rings is 1. The Bertz CT molecular complexity index is 1170. The molecule has 1 amide bonds. The molecule has 4 rings (SSSR count). The number of amides is 1. The third kappa shape index (κ3) is 4.85. The molecular weight excluding hydrogens is 444 g/mol. The summed E-state index contributed by atoms with van der Waals surface area (Å²) in [5.74, 6) is 0.631. The SMILES string of the molecule is Cc1nnc(SCc2c(C(=O)N3CCCC(NS(C)(=O)=O)C3)oc3ccccc23)s1. The van der Waals surface area contributed by atoms with Gasteiger partial charge in [-0.1, -0.05) is 41.3 Å². The first kappa shape index (κ1) is 21.3. The fourth-order valence-electron chi connectivity index (χ4n) is 3.59. The van der Waals surface area contributed by atoms with Crippen LogP contribution in [-0.4, -0.2) is 54.8 Å². The van der Waals surface area contributed by atoms with Gasteiger partial charge >= 0.3 is 0 Å². The van der Waals surface area contributed by atoms with E-state index in [0.717, 1.165) is 33.0 Å². The van der Waals surface area contributed by atoms with E-state index < -0.39 is 10.0 Å². The Morgan fingerprint density at radius 1 is 1.37 bits per heavy atom. The molecule has 1 fully saturated rings. The van der Waals surface area contributed by atoms with E-state index in [9.17, 15) is 13.2 Å². The van der Waals surface area contributed by atoms with E-state index in [-0.39, 0.29) is 11.9 Å². The quantitative estimate of drug-likeness (QED) is 0.557. The van der Waals surface area contributed by atoms with Gasteiger partial charge in [0.1, 0.15) is 10.6 Å². The van der Waals surface area contributed by atoms with Gasteiger partial charge in [0.2, 0.25) is 10.0 Å². The van der Waals surface area contributed by atoms with Crippen LogP contribution >= 0.6 is 23.1 Å². The Morgan fingerprint density at radius 2 is 2.17 bits per heavy atom.